The van der Waals surface area contributed by atoms with E-state index in [1.807, 2.05) is 18.2 Å². The van der Waals surface area contributed by atoms with Gasteiger partial charge in [0.2, 0.25) is 0 Å². The molecule has 0 spiro atoms. The van der Waals surface area contributed by atoms with Crippen LogP contribution in [0.1, 0.15) is 22.0 Å². The summed E-state index contributed by atoms with van der Waals surface area (Å²) in [5, 5.41) is 8.95. The van der Waals surface area contributed by atoms with Crippen molar-refractivity contribution in [1.29, 1.82) is 0 Å². The molecule has 0 bridgehead atoms. The number of aromatic carboxylic acids is 1. The maximum absolute atomic E-state index is 10.9. The summed E-state index contributed by atoms with van der Waals surface area (Å²) < 4.78 is 1.73. The van der Waals surface area contributed by atoms with Crippen molar-refractivity contribution in [3.8, 4) is 5.82 Å². The molecule has 0 atom stereocenters. The van der Waals surface area contributed by atoms with E-state index in [1.165, 1.54) is 0 Å². The van der Waals surface area contributed by atoms with Crippen molar-refractivity contribution >= 4 is 24.8 Å². The van der Waals surface area contributed by atoms with Crippen molar-refractivity contribution in [2.24, 2.45) is 0 Å². The number of carboxylic acids is 1. The molecule has 2 aromatic heterocycles. The van der Waals surface area contributed by atoms with Gasteiger partial charge in [0.1, 0.15) is 11.6 Å². The molecule has 2 heterocycles. The number of nitrogens with zero attached hydrogens (tertiary/aromatic N) is 3. The molecule has 0 aromatic carbocycles. The molecular formula is C11H11LiN3O2. The topological polar surface area (TPSA) is 68.0 Å². The van der Waals surface area contributed by atoms with Crippen LogP contribution in [-0.2, 0) is 0 Å². The Hall–Kier alpha value is -1.57. The number of carbonyl (C=O) groups is 1. The van der Waals surface area contributed by atoms with Gasteiger partial charge in [-0.15, -0.1) is 0 Å². The van der Waals surface area contributed by atoms with E-state index in [0.29, 0.717) is 17.3 Å². The van der Waals surface area contributed by atoms with E-state index in [-0.39, 0.29) is 24.6 Å². The molecule has 0 aliphatic carbocycles. The fourth-order valence-electron chi connectivity index (χ4n) is 1.67. The minimum atomic E-state index is -1.02. The first kappa shape index (κ1) is 13.5. The minimum absolute atomic E-state index is 0. The Morgan fingerprint density at radius 3 is 2.53 bits per heavy atom. The van der Waals surface area contributed by atoms with Crippen molar-refractivity contribution in [3.63, 3.8) is 0 Å². The Morgan fingerprint density at radius 1 is 1.35 bits per heavy atom. The second-order valence-electron chi connectivity index (χ2n) is 3.42. The van der Waals surface area contributed by atoms with Crippen LogP contribution in [0.3, 0.4) is 0 Å². The van der Waals surface area contributed by atoms with Crippen LogP contribution in [0.25, 0.3) is 5.82 Å². The van der Waals surface area contributed by atoms with Gasteiger partial charge >= 0.3 is 5.97 Å². The molecule has 0 aliphatic heterocycles. The molecule has 83 valence electrons. The molecule has 17 heavy (non-hydrogen) atoms. The molecule has 0 aliphatic rings. The second kappa shape index (κ2) is 5.17. The summed E-state index contributed by atoms with van der Waals surface area (Å²) >= 11 is 0. The van der Waals surface area contributed by atoms with Gasteiger partial charge in [0.05, 0.1) is 5.69 Å². The Labute approximate surface area is 111 Å². The molecule has 0 fully saturated rings. The quantitative estimate of drug-likeness (QED) is 0.778. The fraction of sp³-hybridized carbons (Fsp3) is 0.182. The van der Waals surface area contributed by atoms with Crippen LogP contribution in [-0.4, -0.2) is 44.5 Å². The zero-order valence-electron chi connectivity index (χ0n) is 10.0. The van der Waals surface area contributed by atoms with E-state index in [2.05, 4.69) is 9.97 Å². The maximum Gasteiger partial charge on any atom is 0.356 e. The SMILES string of the molecule is Cc1nc(C(=O)O)c(C)n1-c1ccccn1.[Li]. The van der Waals surface area contributed by atoms with E-state index in [9.17, 15) is 4.79 Å². The summed E-state index contributed by atoms with van der Waals surface area (Å²) in [7, 11) is 0. The van der Waals surface area contributed by atoms with Gasteiger partial charge in [-0.25, -0.2) is 14.8 Å². The first-order chi connectivity index (χ1) is 7.61. The third-order valence-corrected chi connectivity index (χ3v) is 2.36. The van der Waals surface area contributed by atoms with Crippen molar-refractivity contribution in [3.05, 3.63) is 41.6 Å². The van der Waals surface area contributed by atoms with Crippen LogP contribution >= 0.6 is 0 Å². The van der Waals surface area contributed by atoms with E-state index in [0.717, 1.165) is 0 Å². The number of hydrogen-bond acceptors (Lipinski definition) is 3. The Balaban J connectivity index is 0.00000144. The average Bonchev–Trinajstić information content (AvgIpc) is 2.56. The minimum Gasteiger partial charge on any atom is -0.476 e. The molecule has 2 aromatic rings. The second-order valence-corrected chi connectivity index (χ2v) is 3.42. The van der Waals surface area contributed by atoms with Crippen LogP contribution in [0, 0.1) is 13.8 Å². The van der Waals surface area contributed by atoms with Gasteiger partial charge in [0.15, 0.2) is 5.69 Å². The molecule has 1 radical (unpaired) electrons. The van der Waals surface area contributed by atoms with Crippen LogP contribution in [0.15, 0.2) is 24.4 Å². The normalized spacial score (nSPS) is 9.76. The maximum atomic E-state index is 10.9. The molecule has 0 saturated carbocycles. The molecule has 5 nitrogen and oxygen atoms in total. The number of aryl methyl sites for hydroxylation is 1. The Morgan fingerprint density at radius 2 is 2.06 bits per heavy atom. The number of hydrogen-bond donors (Lipinski definition) is 1. The summed E-state index contributed by atoms with van der Waals surface area (Å²) in [6, 6.07) is 5.47. The molecule has 2 rings (SSSR count). The monoisotopic (exact) mass is 224 g/mol. The molecule has 1 N–H and O–H groups in total. The zero-order chi connectivity index (χ0) is 11.7. The number of pyridine rings is 1. The van der Waals surface area contributed by atoms with Gasteiger partial charge < -0.3 is 5.11 Å². The van der Waals surface area contributed by atoms with E-state index < -0.39 is 5.97 Å². The predicted molar refractivity (Wildman–Crippen MR) is 63.5 cm³/mol. The van der Waals surface area contributed by atoms with Crippen molar-refractivity contribution in [1.82, 2.24) is 14.5 Å². The van der Waals surface area contributed by atoms with Gasteiger partial charge in [0, 0.05) is 25.1 Å². The summed E-state index contributed by atoms with van der Waals surface area (Å²) in [5.41, 5.74) is 0.659. The zero-order valence-corrected chi connectivity index (χ0v) is 10.0. The molecule has 0 amide bonds. The average molecular weight is 224 g/mol. The summed E-state index contributed by atoms with van der Waals surface area (Å²) in [5.74, 6) is 0.279. The van der Waals surface area contributed by atoms with Gasteiger partial charge in [-0.1, -0.05) is 6.07 Å². The number of aromatic nitrogens is 3. The molecule has 0 saturated heterocycles. The van der Waals surface area contributed by atoms with Crippen molar-refractivity contribution in [2.75, 3.05) is 0 Å². The number of rotatable bonds is 2. The summed E-state index contributed by atoms with van der Waals surface area (Å²) in [4.78, 5) is 19.1. The standard InChI is InChI=1S/C11H11N3O2.Li/c1-7-10(11(15)16)13-8(2)14(7)9-5-3-4-6-12-9;/h3-6H,1-2H3,(H,15,16);. The van der Waals surface area contributed by atoms with Crippen LogP contribution < -0.4 is 0 Å². The molecular weight excluding hydrogens is 213 g/mol. The Bertz CT molecular complexity index is 537. The fourth-order valence-corrected chi connectivity index (χ4v) is 1.67. The first-order valence-electron chi connectivity index (χ1n) is 4.82. The van der Waals surface area contributed by atoms with E-state index in [4.69, 9.17) is 5.11 Å². The molecule has 0 unspecified atom stereocenters. The number of carboxylic acid groups (broad SMARTS) is 1. The van der Waals surface area contributed by atoms with E-state index >= 15 is 0 Å². The van der Waals surface area contributed by atoms with Gasteiger partial charge in [-0.3, -0.25) is 4.57 Å². The third-order valence-electron chi connectivity index (χ3n) is 2.36. The van der Waals surface area contributed by atoms with E-state index in [1.54, 1.807) is 24.6 Å². The van der Waals surface area contributed by atoms with Gasteiger partial charge in [0.25, 0.3) is 0 Å². The van der Waals surface area contributed by atoms with Crippen molar-refractivity contribution < 1.29 is 9.90 Å². The largest absolute Gasteiger partial charge is 0.476 e. The third kappa shape index (κ3) is 2.41. The summed E-state index contributed by atoms with van der Waals surface area (Å²) in [6.07, 6.45) is 1.66. The van der Waals surface area contributed by atoms with Crippen LogP contribution in [0.2, 0.25) is 0 Å². The smallest absolute Gasteiger partial charge is 0.356 e. The first-order valence-corrected chi connectivity index (χ1v) is 4.82. The Kier molecular flexibility index (Phi) is 4.10. The van der Waals surface area contributed by atoms with Crippen LogP contribution in [0.4, 0.5) is 0 Å². The van der Waals surface area contributed by atoms with Crippen molar-refractivity contribution in [2.45, 2.75) is 13.8 Å². The molecule has 6 heteroatoms. The van der Waals surface area contributed by atoms with Crippen LogP contribution in [0.5, 0.6) is 0 Å². The predicted octanol–water partition coefficient (Wildman–Crippen LogP) is 1.20. The number of imidazole rings is 1. The van der Waals surface area contributed by atoms with Gasteiger partial charge in [-0.05, 0) is 26.0 Å². The van der Waals surface area contributed by atoms with Gasteiger partial charge in [-0.2, -0.15) is 0 Å². The summed E-state index contributed by atoms with van der Waals surface area (Å²) in [6.45, 7) is 3.48.